The minimum absolute atomic E-state index is 0.0243. The Morgan fingerprint density at radius 3 is 2.52 bits per heavy atom. The summed E-state index contributed by atoms with van der Waals surface area (Å²) in [5, 5.41) is -0.0243. The molecule has 0 fully saturated rings. The third kappa shape index (κ3) is 4.06. The van der Waals surface area contributed by atoms with Crippen LogP contribution in [0.25, 0.3) is 10.9 Å². The number of hydrogen-bond acceptors (Lipinski definition) is 3. The van der Waals surface area contributed by atoms with E-state index in [0.29, 0.717) is 23.9 Å². The highest BCUT2D eigenvalue weighted by Crippen LogP contribution is 2.31. The molecule has 1 aromatic carbocycles. The number of hydrogen-bond donors (Lipinski definition) is 0. The van der Waals surface area contributed by atoms with Crippen LogP contribution >= 0.6 is 0 Å². The third-order valence-corrected chi connectivity index (χ3v) is 4.82. The molecule has 0 aliphatic heterocycles. The Bertz CT molecular complexity index is 1130. The molecule has 0 bridgehead atoms. The topological polar surface area (TPSA) is 53.2 Å². The van der Waals surface area contributed by atoms with E-state index in [1.165, 1.54) is 16.2 Å². The Kier molecular flexibility index (Phi) is 5.55. The largest absolute Gasteiger partial charge is 0.481 e. The van der Waals surface area contributed by atoms with Gasteiger partial charge in [0.25, 0.3) is 5.56 Å². The molecule has 0 atom stereocenters. The molecule has 29 heavy (non-hydrogen) atoms. The minimum atomic E-state index is -4.59. The zero-order chi connectivity index (χ0) is 21.3. The first kappa shape index (κ1) is 20.7. The summed E-state index contributed by atoms with van der Waals surface area (Å²) in [6, 6.07) is 9.36. The lowest BCUT2D eigenvalue weighted by Crippen LogP contribution is -2.25. The lowest BCUT2D eigenvalue weighted by molar-refractivity contribution is -0.153. The average molecular weight is 406 g/mol. The van der Waals surface area contributed by atoms with Gasteiger partial charge in [-0.2, -0.15) is 13.2 Å². The normalized spacial score (nSPS) is 11.8. The van der Waals surface area contributed by atoms with Crippen molar-refractivity contribution in [1.29, 1.82) is 0 Å². The van der Waals surface area contributed by atoms with Gasteiger partial charge in [-0.05, 0) is 25.0 Å². The molecule has 2 heterocycles. The lowest BCUT2D eigenvalue weighted by Gasteiger charge is -2.14. The predicted octanol–water partition coefficient (Wildman–Crippen LogP) is 4.01. The number of carbonyl (C=O) groups is 1. The van der Waals surface area contributed by atoms with Gasteiger partial charge in [-0.3, -0.25) is 9.59 Å². The highest BCUT2D eigenvalue weighted by Gasteiger charge is 2.31. The van der Waals surface area contributed by atoms with E-state index in [2.05, 4.69) is 0 Å². The molecule has 0 amide bonds. The van der Waals surface area contributed by atoms with Crippen LogP contribution in [0.5, 0.6) is 5.75 Å². The van der Waals surface area contributed by atoms with E-state index in [-0.39, 0.29) is 23.4 Å². The molecule has 3 rings (SSSR count). The number of fused-ring (bicyclic) bond motifs is 1. The van der Waals surface area contributed by atoms with Crippen LogP contribution in [-0.2, 0) is 20.0 Å². The van der Waals surface area contributed by atoms with Crippen molar-refractivity contribution in [3.05, 3.63) is 63.2 Å². The molecule has 0 radical (unpaired) electrons. The van der Waals surface area contributed by atoms with Crippen LogP contribution in [0.1, 0.15) is 34.2 Å². The van der Waals surface area contributed by atoms with Crippen molar-refractivity contribution in [2.45, 2.75) is 33.0 Å². The zero-order valence-electron chi connectivity index (χ0n) is 16.3. The highest BCUT2D eigenvalue weighted by atomic mass is 19.4. The number of aryl methyl sites for hydroxylation is 3. The molecule has 0 saturated heterocycles. The number of rotatable bonds is 6. The fourth-order valence-corrected chi connectivity index (χ4v) is 3.46. The highest BCUT2D eigenvalue weighted by molar-refractivity contribution is 5.96. The lowest BCUT2D eigenvalue weighted by atomic mass is 10.1. The molecule has 0 saturated carbocycles. The second-order valence-electron chi connectivity index (χ2n) is 6.92. The number of nitrogens with zero attached hydrogens (tertiary/aromatic N) is 2. The maximum atomic E-state index is 13.3. The van der Waals surface area contributed by atoms with E-state index in [1.807, 2.05) is 38.1 Å². The van der Waals surface area contributed by atoms with Crippen molar-refractivity contribution >= 4 is 17.2 Å². The van der Waals surface area contributed by atoms with E-state index in [1.54, 1.807) is 6.07 Å². The average Bonchev–Trinajstić information content (AvgIpc) is 2.93. The van der Waals surface area contributed by atoms with Gasteiger partial charge >= 0.3 is 6.18 Å². The van der Waals surface area contributed by atoms with E-state index in [9.17, 15) is 22.8 Å². The van der Waals surface area contributed by atoms with E-state index < -0.39 is 18.3 Å². The number of pyridine rings is 1. The van der Waals surface area contributed by atoms with Crippen LogP contribution in [0.2, 0.25) is 0 Å². The summed E-state index contributed by atoms with van der Waals surface area (Å²) >= 11 is 0. The molecule has 154 valence electrons. The molecule has 0 spiro atoms. The summed E-state index contributed by atoms with van der Waals surface area (Å²) < 4.78 is 45.9. The van der Waals surface area contributed by atoms with Gasteiger partial charge in [-0.1, -0.05) is 36.8 Å². The van der Waals surface area contributed by atoms with E-state index in [0.717, 1.165) is 11.1 Å². The molecular formula is C21H21F3N2O3. The van der Waals surface area contributed by atoms with Gasteiger partial charge in [0, 0.05) is 12.7 Å². The summed E-state index contributed by atoms with van der Waals surface area (Å²) in [6.45, 7) is 2.51. The summed E-state index contributed by atoms with van der Waals surface area (Å²) in [5.41, 5.74) is 2.42. The first-order valence-electron chi connectivity index (χ1n) is 9.11. The number of aldehydes is 1. The predicted molar refractivity (Wildman–Crippen MR) is 104 cm³/mol. The Morgan fingerprint density at radius 2 is 1.93 bits per heavy atom. The van der Waals surface area contributed by atoms with Gasteiger partial charge in [-0.15, -0.1) is 0 Å². The van der Waals surface area contributed by atoms with Crippen molar-refractivity contribution in [3.8, 4) is 5.75 Å². The number of carbonyl (C=O) groups excluding carboxylic acids is 1. The van der Waals surface area contributed by atoms with Crippen LogP contribution < -0.4 is 10.3 Å². The van der Waals surface area contributed by atoms with E-state index >= 15 is 0 Å². The number of halogens is 3. The first-order chi connectivity index (χ1) is 13.7. The van der Waals surface area contributed by atoms with Crippen LogP contribution in [-0.4, -0.2) is 28.2 Å². The number of ether oxygens (including phenoxy) is 1. The van der Waals surface area contributed by atoms with Crippen LogP contribution in [0, 0.1) is 6.92 Å². The maximum absolute atomic E-state index is 13.3. The first-order valence-corrected chi connectivity index (χ1v) is 9.11. The van der Waals surface area contributed by atoms with Gasteiger partial charge < -0.3 is 13.9 Å². The Balaban J connectivity index is 2.23. The molecule has 0 aliphatic carbocycles. The quantitative estimate of drug-likeness (QED) is 0.581. The van der Waals surface area contributed by atoms with Crippen molar-refractivity contribution in [3.63, 3.8) is 0 Å². The van der Waals surface area contributed by atoms with Gasteiger partial charge in [0.2, 0.25) is 0 Å². The van der Waals surface area contributed by atoms with Crippen LogP contribution in [0.4, 0.5) is 13.2 Å². The molecule has 8 heteroatoms. The van der Waals surface area contributed by atoms with Gasteiger partial charge in [-0.25, -0.2) is 0 Å². The summed E-state index contributed by atoms with van der Waals surface area (Å²) in [7, 11) is 1.52. The SMILES string of the molecule is CCc1cc2c(c(OCC(F)(F)F)c(C=O)n2C)c(=O)n1Cc1cccc(C)c1. The summed E-state index contributed by atoms with van der Waals surface area (Å²) in [6.07, 6.45) is -3.65. The summed E-state index contributed by atoms with van der Waals surface area (Å²) in [5.74, 6) is -0.333. The van der Waals surface area contributed by atoms with Crippen molar-refractivity contribution in [2.75, 3.05) is 6.61 Å². The third-order valence-electron chi connectivity index (χ3n) is 4.82. The standard InChI is InChI=1S/C21H21F3N2O3/c1-4-15-9-16-18(19(17(11-27)25(16)3)29-12-21(22,23)24)20(28)26(15)10-14-7-5-6-13(2)8-14/h5-9,11H,4,10,12H2,1-3H3. The zero-order valence-corrected chi connectivity index (χ0v) is 16.3. The monoisotopic (exact) mass is 406 g/mol. The molecule has 0 N–H and O–H groups in total. The van der Waals surface area contributed by atoms with Crippen molar-refractivity contribution in [2.24, 2.45) is 7.05 Å². The minimum Gasteiger partial charge on any atom is -0.481 e. The van der Waals surface area contributed by atoms with Gasteiger partial charge in [0.15, 0.2) is 18.6 Å². The van der Waals surface area contributed by atoms with Crippen LogP contribution in [0.3, 0.4) is 0 Å². The number of benzene rings is 1. The van der Waals surface area contributed by atoms with Crippen molar-refractivity contribution in [1.82, 2.24) is 9.13 Å². The fourth-order valence-electron chi connectivity index (χ4n) is 3.46. The fraction of sp³-hybridized carbons (Fsp3) is 0.333. The Hall–Kier alpha value is -3.03. The molecule has 0 unspecified atom stereocenters. The second kappa shape index (κ2) is 7.77. The van der Waals surface area contributed by atoms with Crippen molar-refractivity contribution < 1.29 is 22.7 Å². The Morgan fingerprint density at radius 1 is 1.21 bits per heavy atom. The molecule has 3 aromatic rings. The molecule has 5 nitrogen and oxygen atoms in total. The smallest absolute Gasteiger partial charge is 0.422 e. The molecule has 0 aliphatic rings. The maximum Gasteiger partial charge on any atom is 0.422 e. The Labute approximate surface area is 165 Å². The van der Waals surface area contributed by atoms with E-state index in [4.69, 9.17) is 4.74 Å². The number of aromatic nitrogens is 2. The van der Waals surface area contributed by atoms with Crippen LogP contribution in [0.15, 0.2) is 35.1 Å². The van der Waals surface area contributed by atoms with Gasteiger partial charge in [0.1, 0.15) is 11.1 Å². The summed E-state index contributed by atoms with van der Waals surface area (Å²) in [4.78, 5) is 24.8. The second-order valence-corrected chi connectivity index (χ2v) is 6.92. The molecular weight excluding hydrogens is 385 g/mol. The molecule has 2 aromatic heterocycles. The van der Waals surface area contributed by atoms with Gasteiger partial charge in [0.05, 0.1) is 12.1 Å². The number of alkyl halides is 3.